The zero-order valence-corrected chi connectivity index (χ0v) is 15.5. The zero-order valence-electron chi connectivity index (χ0n) is 14.7. The summed E-state index contributed by atoms with van der Waals surface area (Å²) in [5, 5.41) is 3.07. The Hall–Kier alpha value is -2.93. The van der Waals surface area contributed by atoms with E-state index in [1.165, 1.54) is 34.5 Å². The van der Waals surface area contributed by atoms with Crippen molar-refractivity contribution < 1.29 is 9.18 Å². The number of carbonyl (C=O) groups excluding carboxylic acids is 1. The van der Waals surface area contributed by atoms with Gasteiger partial charge in [-0.25, -0.2) is 9.37 Å². The van der Waals surface area contributed by atoms with Gasteiger partial charge in [0, 0.05) is 12.2 Å². The topological polar surface area (TPSA) is 64.0 Å². The number of carbonyl (C=O) groups is 1. The Kier molecular flexibility index (Phi) is 5.71. The first kappa shape index (κ1) is 18.8. The van der Waals surface area contributed by atoms with Crippen LogP contribution in [0.25, 0.3) is 10.9 Å². The minimum atomic E-state index is -0.544. The number of nitrogens with zero attached hydrogens (tertiary/aromatic N) is 2. The van der Waals surface area contributed by atoms with Gasteiger partial charge in [-0.05, 0) is 37.3 Å². The van der Waals surface area contributed by atoms with Gasteiger partial charge in [0.25, 0.3) is 5.56 Å². The van der Waals surface area contributed by atoms with Crippen LogP contribution >= 0.6 is 11.8 Å². The van der Waals surface area contributed by atoms with E-state index in [1.807, 2.05) is 0 Å². The summed E-state index contributed by atoms with van der Waals surface area (Å²) in [5.41, 5.74) is 0.770. The molecule has 0 aliphatic heterocycles. The number of thioether (sulfide) groups is 1. The van der Waals surface area contributed by atoms with E-state index < -0.39 is 11.1 Å². The van der Waals surface area contributed by atoms with E-state index >= 15 is 0 Å². The lowest BCUT2D eigenvalue weighted by atomic mass is 10.2. The quantitative estimate of drug-likeness (QED) is 0.399. The van der Waals surface area contributed by atoms with Crippen LogP contribution in [0.1, 0.15) is 6.92 Å². The fraction of sp³-hybridized carbons (Fsp3) is 0.150. The first-order chi connectivity index (χ1) is 13.0. The first-order valence-corrected chi connectivity index (χ1v) is 9.21. The number of rotatable bonds is 6. The predicted molar refractivity (Wildman–Crippen MR) is 107 cm³/mol. The Bertz CT molecular complexity index is 1060. The second-order valence-electron chi connectivity index (χ2n) is 5.88. The van der Waals surface area contributed by atoms with Gasteiger partial charge in [-0.3, -0.25) is 14.2 Å². The normalized spacial score (nSPS) is 11.9. The molecule has 0 aliphatic rings. The molecule has 1 atom stereocenters. The molecule has 1 N–H and O–H groups in total. The second-order valence-corrected chi connectivity index (χ2v) is 7.18. The summed E-state index contributed by atoms with van der Waals surface area (Å²) in [6.07, 6.45) is 1.61. The van der Waals surface area contributed by atoms with Crippen molar-refractivity contribution in [2.24, 2.45) is 0 Å². The molecule has 0 saturated heterocycles. The Morgan fingerprint density at radius 1 is 1.33 bits per heavy atom. The summed E-state index contributed by atoms with van der Waals surface area (Å²) in [6.45, 7) is 5.68. The van der Waals surface area contributed by atoms with Crippen LogP contribution in [0, 0.1) is 5.82 Å². The van der Waals surface area contributed by atoms with E-state index in [4.69, 9.17) is 0 Å². The van der Waals surface area contributed by atoms with Gasteiger partial charge in [-0.1, -0.05) is 36.0 Å². The highest BCUT2D eigenvalue weighted by atomic mass is 32.2. The molecule has 0 unspecified atom stereocenters. The highest BCUT2D eigenvalue weighted by Gasteiger charge is 2.19. The number of fused-ring (bicyclic) bond motifs is 1. The van der Waals surface area contributed by atoms with Crippen LogP contribution in [-0.4, -0.2) is 20.7 Å². The van der Waals surface area contributed by atoms with Crippen molar-refractivity contribution in [3.05, 3.63) is 77.4 Å². The number of nitrogens with one attached hydrogen (secondary N) is 1. The molecule has 0 radical (unpaired) electrons. The molecule has 1 heterocycles. The molecule has 1 amide bonds. The highest BCUT2D eigenvalue weighted by Crippen LogP contribution is 2.24. The maximum atomic E-state index is 13.3. The number of aromatic nitrogens is 2. The Balaban J connectivity index is 1.88. The Morgan fingerprint density at radius 3 is 2.85 bits per heavy atom. The van der Waals surface area contributed by atoms with Crippen LogP contribution < -0.4 is 10.9 Å². The van der Waals surface area contributed by atoms with Crippen molar-refractivity contribution in [1.29, 1.82) is 0 Å². The van der Waals surface area contributed by atoms with Gasteiger partial charge < -0.3 is 5.32 Å². The molecule has 0 saturated carbocycles. The standard InChI is InChI=1S/C20H18FN3O2S/c1-3-11-24-19(26)16-9-4-5-10-17(16)23-20(24)27-13(2)18(25)22-15-8-6-7-14(21)12-15/h3-10,12-13H,1,11H2,2H3,(H,22,25)/t13-/m1/s1. The van der Waals surface area contributed by atoms with Gasteiger partial charge >= 0.3 is 0 Å². The SMILES string of the molecule is C=CCn1c(S[C@H](C)C(=O)Nc2cccc(F)c2)nc2ccccc2c1=O. The number of allylic oxidation sites excluding steroid dienone is 1. The van der Waals surface area contributed by atoms with Gasteiger partial charge in [-0.2, -0.15) is 0 Å². The Labute approximate surface area is 159 Å². The molecule has 0 spiro atoms. The molecule has 138 valence electrons. The first-order valence-electron chi connectivity index (χ1n) is 8.33. The molecule has 0 aliphatic carbocycles. The predicted octanol–water partition coefficient (Wildman–Crippen LogP) is 3.84. The monoisotopic (exact) mass is 383 g/mol. The molecular formula is C20H18FN3O2S. The average Bonchev–Trinajstić information content (AvgIpc) is 2.65. The lowest BCUT2D eigenvalue weighted by Crippen LogP contribution is -2.26. The molecule has 1 aromatic heterocycles. The maximum Gasteiger partial charge on any atom is 0.262 e. The molecule has 27 heavy (non-hydrogen) atoms. The molecule has 3 aromatic rings. The number of hydrogen-bond acceptors (Lipinski definition) is 4. The second kappa shape index (κ2) is 8.18. The summed E-state index contributed by atoms with van der Waals surface area (Å²) in [4.78, 5) is 29.7. The number of para-hydroxylation sites is 1. The van der Waals surface area contributed by atoms with Crippen molar-refractivity contribution in [3.63, 3.8) is 0 Å². The molecule has 2 aromatic carbocycles. The molecule has 5 nitrogen and oxygen atoms in total. The third kappa shape index (κ3) is 4.25. The van der Waals surface area contributed by atoms with Crippen molar-refractivity contribution in [2.75, 3.05) is 5.32 Å². The number of amides is 1. The fourth-order valence-corrected chi connectivity index (χ4v) is 3.47. The molecule has 3 rings (SSSR count). The molecule has 0 bridgehead atoms. The van der Waals surface area contributed by atoms with E-state index in [2.05, 4.69) is 16.9 Å². The van der Waals surface area contributed by atoms with Crippen molar-refractivity contribution >= 4 is 34.3 Å². The van der Waals surface area contributed by atoms with Crippen LogP contribution in [0.2, 0.25) is 0 Å². The van der Waals surface area contributed by atoms with E-state index in [0.717, 1.165) is 0 Å². The smallest absolute Gasteiger partial charge is 0.262 e. The summed E-state index contributed by atoms with van der Waals surface area (Å²) in [7, 11) is 0. The summed E-state index contributed by atoms with van der Waals surface area (Å²) >= 11 is 1.17. The summed E-state index contributed by atoms with van der Waals surface area (Å²) in [6, 6.07) is 12.8. The van der Waals surface area contributed by atoms with Gasteiger partial charge in [0.05, 0.1) is 16.2 Å². The summed E-state index contributed by atoms with van der Waals surface area (Å²) in [5.74, 6) is -0.734. The third-order valence-electron chi connectivity index (χ3n) is 3.88. The van der Waals surface area contributed by atoms with E-state index in [1.54, 1.807) is 43.3 Å². The third-order valence-corrected chi connectivity index (χ3v) is 4.97. The zero-order chi connectivity index (χ0) is 19.4. The molecule has 0 fully saturated rings. The van der Waals surface area contributed by atoms with Crippen molar-refractivity contribution in [3.8, 4) is 0 Å². The van der Waals surface area contributed by atoms with Crippen molar-refractivity contribution in [1.82, 2.24) is 9.55 Å². The van der Waals surface area contributed by atoms with Crippen LogP contribution in [0.4, 0.5) is 10.1 Å². The largest absolute Gasteiger partial charge is 0.325 e. The van der Waals surface area contributed by atoms with Gasteiger partial charge in [-0.15, -0.1) is 6.58 Å². The number of halogens is 1. The summed E-state index contributed by atoms with van der Waals surface area (Å²) < 4.78 is 14.8. The van der Waals surface area contributed by atoms with Gasteiger partial charge in [0.1, 0.15) is 5.82 Å². The van der Waals surface area contributed by atoms with E-state index in [-0.39, 0.29) is 18.0 Å². The van der Waals surface area contributed by atoms with Crippen molar-refractivity contribution in [2.45, 2.75) is 23.9 Å². The fourth-order valence-electron chi connectivity index (χ4n) is 2.55. The van der Waals surface area contributed by atoms with Gasteiger partial charge in [0.2, 0.25) is 5.91 Å². The van der Waals surface area contributed by atoms with Gasteiger partial charge in [0.15, 0.2) is 5.16 Å². The van der Waals surface area contributed by atoms with E-state index in [0.29, 0.717) is 21.7 Å². The average molecular weight is 383 g/mol. The highest BCUT2D eigenvalue weighted by molar-refractivity contribution is 8.00. The lowest BCUT2D eigenvalue weighted by molar-refractivity contribution is -0.115. The minimum Gasteiger partial charge on any atom is -0.325 e. The van der Waals surface area contributed by atoms with E-state index in [9.17, 15) is 14.0 Å². The minimum absolute atomic E-state index is 0.180. The van der Waals surface area contributed by atoms with Crippen LogP contribution in [0.3, 0.4) is 0 Å². The van der Waals surface area contributed by atoms with Crippen LogP contribution in [0.5, 0.6) is 0 Å². The number of benzene rings is 2. The number of hydrogen-bond donors (Lipinski definition) is 1. The maximum absolute atomic E-state index is 13.3. The lowest BCUT2D eigenvalue weighted by Gasteiger charge is -2.15. The molecular weight excluding hydrogens is 365 g/mol. The molecule has 7 heteroatoms. The Morgan fingerprint density at radius 2 is 2.11 bits per heavy atom. The van der Waals surface area contributed by atoms with Crippen LogP contribution in [-0.2, 0) is 11.3 Å². The number of anilines is 1. The van der Waals surface area contributed by atoms with Crippen LogP contribution in [0.15, 0.2) is 71.1 Å².